The summed E-state index contributed by atoms with van der Waals surface area (Å²) in [5, 5.41) is 4.48. The third-order valence-electron chi connectivity index (χ3n) is 2.34. The van der Waals surface area contributed by atoms with Crippen molar-refractivity contribution >= 4 is 16.9 Å². The molecular weight excluding hydrogens is 220 g/mol. The fourth-order valence-corrected chi connectivity index (χ4v) is 2.34. The van der Waals surface area contributed by atoms with E-state index >= 15 is 0 Å². The van der Waals surface area contributed by atoms with Gasteiger partial charge < -0.3 is 10.1 Å². The molecule has 0 spiro atoms. The lowest BCUT2D eigenvalue weighted by Crippen LogP contribution is -2.32. The zero-order chi connectivity index (χ0) is 11.9. The quantitative estimate of drug-likeness (QED) is 0.729. The predicted molar refractivity (Wildman–Crippen MR) is 72.3 cm³/mol. The number of rotatable bonds is 6. The van der Waals surface area contributed by atoms with Crippen LogP contribution in [0.2, 0.25) is 0 Å². The van der Waals surface area contributed by atoms with Crippen LogP contribution >= 0.6 is 11.8 Å². The van der Waals surface area contributed by atoms with Crippen molar-refractivity contribution in [3.63, 3.8) is 0 Å². The van der Waals surface area contributed by atoms with E-state index in [4.69, 9.17) is 4.74 Å². The van der Waals surface area contributed by atoms with Gasteiger partial charge >= 0.3 is 0 Å². The zero-order valence-electron chi connectivity index (χ0n) is 10.7. The van der Waals surface area contributed by atoms with Crippen LogP contribution in [-0.2, 0) is 4.74 Å². The van der Waals surface area contributed by atoms with E-state index < -0.39 is 0 Å². The van der Waals surface area contributed by atoms with Gasteiger partial charge in [0.15, 0.2) is 5.17 Å². The third kappa shape index (κ3) is 5.75. The Balaban J connectivity index is 2.04. The van der Waals surface area contributed by atoms with Crippen molar-refractivity contribution in [3.8, 4) is 0 Å². The van der Waals surface area contributed by atoms with Gasteiger partial charge in [0.1, 0.15) is 0 Å². The molecule has 0 aromatic carbocycles. The summed E-state index contributed by atoms with van der Waals surface area (Å²) in [4.78, 5) is 4.54. The number of ether oxygens (including phenoxy) is 1. The van der Waals surface area contributed by atoms with E-state index in [0.29, 0.717) is 5.41 Å². The van der Waals surface area contributed by atoms with Gasteiger partial charge in [-0.2, -0.15) is 0 Å². The Kier molecular flexibility index (Phi) is 6.21. The van der Waals surface area contributed by atoms with Gasteiger partial charge in [-0.05, 0) is 18.3 Å². The molecule has 0 saturated heterocycles. The topological polar surface area (TPSA) is 33.6 Å². The van der Waals surface area contributed by atoms with E-state index in [9.17, 15) is 0 Å². The molecule has 1 aliphatic heterocycles. The molecule has 0 saturated carbocycles. The number of amidine groups is 1. The number of thioether (sulfide) groups is 1. The summed E-state index contributed by atoms with van der Waals surface area (Å²) in [6.45, 7) is 10.3. The van der Waals surface area contributed by atoms with Crippen LogP contribution in [0, 0.1) is 5.41 Å². The number of nitrogens with zero attached hydrogens (tertiary/aromatic N) is 1. The van der Waals surface area contributed by atoms with Crippen molar-refractivity contribution in [2.75, 3.05) is 32.1 Å². The Hall–Kier alpha value is -0.220. The standard InChI is InChI=1S/C12H24N2OS/c1-4-7-15-8-5-6-13-11-14-9-12(2,3)10-16-11/h4-10H2,1-3H3,(H,13,14). The Morgan fingerprint density at radius 3 is 2.88 bits per heavy atom. The molecule has 1 heterocycles. The Labute approximate surface area is 103 Å². The van der Waals surface area contributed by atoms with Crippen molar-refractivity contribution in [2.24, 2.45) is 10.4 Å². The predicted octanol–water partition coefficient (Wildman–Crippen LogP) is 2.52. The van der Waals surface area contributed by atoms with E-state index in [2.05, 4.69) is 31.1 Å². The second kappa shape index (κ2) is 7.17. The largest absolute Gasteiger partial charge is 0.381 e. The van der Waals surface area contributed by atoms with Crippen LogP contribution in [0.1, 0.15) is 33.6 Å². The van der Waals surface area contributed by atoms with E-state index in [1.807, 2.05) is 11.8 Å². The first kappa shape index (κ1) is 13.8. The van der Waals surface area contributed by atoms with Crippen LogP contribution in [0.5, 0.6) is 0 Å². The van der Waals surface area contributed by atoms with Crippen LogP contribution in [0.25, 0.3) is 0 Å². The Morgan fingerprint density at radius 2 is 2.25 bits per heavy atom. The van der Waals surface area contributed by atoms with Gasteiger partial charge in [0.05, 0.1) is 0 Å². The summed E-state index contributed by atoms with van der Waals surface area (Å²) in [5.41, 5.74) is 0.361. The van der Waals surface area contributed by atoms with Gasteiger partial charge in [0.2, 0.25) is 0 Å². The number of nitrogens with one attached hydrogen (secondary N) is 1. The highest BCUT2D eigenvalue weighted by atomic mass is 32.2. The molecule has 0 aromatic heterocycles. The normalized spacial score (nSPS) is 19.3. The smallest absolute Gasteiger partial charge is 0.156 e. The Bertz CT molecular complexity index is 229. The summed E-state index contributed by atoms with van der Waals surface area (Å²) >= 11 is 1.84. The van der Waals surface area contributed by atoms with E-state index in [1.54, 1.807) is 0 Å². The highest BCUT2D eigenvalue weighted by Crippen LogP contribution is 2.26. The molecule has 0 atom stereocenters. The van der Waals surface area contributed by atoms with E-state index in [1.165, 1.54) is 0 Å². The number of hydrogen-bond donors (Lipinski definition) is 1. The zero-order valence-corrected chi connectivity index (χ0v) is 11.5. The molecule has 3 nitrogen and oxygen atoms in total. The van der Waals surface area contributed by atoms with Crippen LogP contribution < -0.4 is 5.32 Å². The van der Waals surface area contributed by atoms with Crippen LogP contribution in [0.4, 0.5) is 0 Å². The SMILES string of the molecule is CCCOCCCNC1=NCC(C)(C)CS1. The highest BCUT2D eigenvalue weighted by Gasteiger charge is 2.22. The van der Waals surface area contributed by atoms with Crippen molar-refractivity contribution in [3.05, 3.63) is 0 Å². The van der Waals surface area contributed by atoms with E-state index in [0.717, 1.165) is 50.1 Å². The first-order valence-corrected chi connectivity index (χ1v) is 7.11. The van der Waals surface area contributed by atoms with Crippen molar-refractivity contribution in [2.45, 2.75) is 33.6 Å². The minimum atomic E-state index is 0.361. The highest BCUT2D eigenvalue weighted by molar-refractivity contribution is 8.13. The maximum atomic E-state index is 5.42. The average Bonchev–Trinajstić information content (AvgIpc) is 2.25. The van der Waals surface area contributed by atoms with Gasteiger partial charge in [0.25, 0.3) is 0 Å². The molecular formula is C12H24N2OS. The molecule has 0 amide bonds. The fraction of sp³-hybridized carbons (Fsp3) is 0.917. The molecule has 1 rings (SSSR count). The summed E-state index contributed by atoms with van der Waals surface area (Å²) < 4.78 is 5.42. The monoisotopic (exact) mass is 244 g/mol. The molecule has 0 aliphatic carbocycles. The Morgan fingerprint density at radius 1 is 1.44 bits per heavy atom. The summed E-state index contributed by atoms with van der Waals surface area (Å²) in [6, 6.07) is 0. The first-order valence-electron chi connectivity index (χ1n) is 6.13. The average molecular weight is 244 g/mol. The molecule has 0 bridgehead atoms. The molecule has 0 radical (unpaired) electrons. The molecule has 0 aromatic rings. The van der Waals surface area contributed by atoms with Crippen LogP contribution in [-0.4, -0.2) is 37.2 Å². The minimum Gasteiger partial charge on any atom is -0.381 e. The molecule has 94 valence electrons. The van der Waals surface area contributed by atoms with Gasteiger partial charge in [-0.25, -0.2) is 0 Å². The summed E-state index contributed by atoms with van der Waals surface area (Å²) in [7, 11) is 0. The van der Waals surface area contributed by atoms with Crippen molar-refractivity contribution in [1.82, 2.24) is 5.32 Å². The summed E-state index contributed by atoms with van der Waals surface area (Å²) in [6.07, 6.45) is 2.16. The molecule has 4 heteroatoms. The lowest BCUT2D eigenvalue weighted by atomic mass is 9.97. The fourth-order valence-electron chi connectivity index (χ4n) is 1.36. The molecule has 1 aliphatic rings. The van der Waals surface area contributed by atoms with Crippen LogP contribution in [0.15, 0.2) is 4.99 Å². The second-order valence-corrected chi connectivity index (χ2v) is 5.93. The van der Waals surface area contributed by atoms with Gasteiger partial charge in [0, 0.05) is 32.1 Å². The minimum absolute atomic E-state index is 0.361. The number of hydrogen-bond acceptors (Lipinski definition) is 4. The van der Waals surface area contributed by atoms with Gasteiger partial charge in [-0.3, -0.25) is 4.99 Å². The molecule has 0 fully saturated rings. The van der Waals surface area contributed by atoms with Crippen molar-refractivity contribution < 1.29 is 4.74 Å². The summed E-state index contributed by atoms with van der Waals surface area (Å²) in [5.74, 6) is 1.16. The number of aliphatic imine (C=N–C) groups is 1. The maximum Gasteiger partial charge on any atom is 0.156 e. The maximum absolute atomic E-state index is 5.42. The van der Waals surface area contributed by atoms with Gasteiger partial charge in [-0.15, -0.1) is 0 Å². The third-order valence-corrected chi connectivity index (χ3v) is 3.81. The molecule has 16 heavy (non-hydrogen) atoms. The van der Waals surface area contributed by atoms with Gasteiger partial charge in [-0.1, -0.05) is 32.5 Å². The lowest BCUT2D eigenvalue weighted by Gasteiger charge is -2.27. The lowest BCUT2D eigenvalue weighted by molar-refractivity contribution is 0.133. The van der Waals surface area contributed by atoms with Crippen molar-refractivity contribution in [1.29, 1.82) is 0 Å². The van der Waals surface area contributed by atoms with Crippen LogP contribution in [0.3, 0.4) is 0 Å². The molecule has 0 unspecified atom stereocenters. The van der Waals surface area contributed by atoms with E-state index in [-0.39, 0.29) is 0 Å². The first-order chi connectivity index (χ1) is 7.64. The molecule has 1 N–H and O–H groups in total. The second-order valence-electron chi connectivity index (χ2n) is 4.97.